The van der Waals surface area contributed by atoms with Gasteiger partial charge >= 0.3 is 0 Å². The number of hydrogen-bond donors (Lipinski definition) is 2. The normalized spacial score (nSPS) is 13.6. The minimum Gasteiger partial charge on any atom is -0.491 e. The van der Waals surface area contributed by atoms with Crippen molar-refractivity contribution in [1.29, 1.82) is 0 Å². The van der Waals surface area contributed by atoms with Gasteiger partial charge in [0.2, 0.25) is 5.91 Å². The van der Waals surface area contributed by atoms with Crippen LogP contribution in [0.2, 0.25) is 0 Å². The number of carbonyl (C=O) groups is 1. The topological polar surface area (TPSA) is 66.0 Å². The Morgan fingerprint density at radius 3 is 2.47 bits per heavy atom. The zero-order valence-electron chi connectivity index (χ0n) is 18.6. The fourth-order valence-corrected chi connectivity index (χ4v) is 3.40. The van der Waals surface area contributed by atoms with E-state index in [4.69, 9.17) is 4.74 Å². The van der Waals surface area contributed by atoms with Crippen molar-refractivity contribution in [1.82, 2.24) is 10.2 Å². The highest BCUT2D eigenvalue weighted by Crippen LogP contribution is 2.17. The van der Waals surface area contributed by atoms with Crippen LogP contribution in [0.15, 0.2) is 53.5 Å². The van der Waals surface area contributed by atoms with Crippen molar-refractivity contribution in [3.8, 4) is 5.75 Å². The number of benzene rings is 2. The predicted molar refractivity (Wildman–Crippen MR) is 137 cm³/mol. The van der Waals surface area contributed by atoms with Crippen molar-refractivity contribution in [3.63, 3.8) is 0 Å². The lowest BCUT2D eigenvalue weighted by Gasteiger charge is -2.16. The molecular weight excluding hydrogens is 522 g/mol. The molecule has 1 heterocycles. The number of anilines is 1. The quantitative estimate of drug-likeness (QED) is 0.288. The molecule has 32 heavy (non-hydrogen) atoms. The maximum absolute atomic E-state index is 13.9. The van der Waals surface area contributed by atoms with Gasteiger partial charge in [-0.2, -0.15) is 0 Å². The van der Waals surface area contributed by atoms with Crippen LogP contribution >= 0.6 is 24.0 Å². The Morgan fingerprint density at radius 1 is 1.12 bits per heavy atom. The number of rotatable bonds is 8. The average Bonchev–Trinajstić information content (AvgIpc) is 3.29. The van der Waals surface area contributed by atoms with Crippen molar-refractivity contribution >= 4 is 41.5 Å². The minimum absolute atomic E-state index is 0. The summed E-state index contributed by atoms with van der Waals surface area (Å²) in [4.78, 5) is 18.7. The van der Waals surface area contributed by atoms with E-state index in [1.807, 2.05) is 49.1 Å². The van der Waals surface area contributed by atoms with E-state index in [0.29, 0.717) is 24.5 Å². The van der Waals surface area contributed by atoms with E-state index in [1.165, 1.54) is 6.07 Å². The number of carbonyl (C=O) groups excluding carboxylic acids is 1. The molecule has 1 fully saturated rings. The van der Waals surface area contributed by atoms with Crippen LogP contribution in [0, 0.1) is 5.82 Å². The fraction of sp³-hybridized carbons (Fsp3) is 0.417. The third-order valence-electron chi connectivity index (χ3n) is 4.96. The summed E-state index contributed by atoms with van der Waals surface area (Å²) >= 11 is 0. The van der Waals surface area contributed by atoms with E-state index in [9.17, 15) is 9.18 Å². The summed E-state index contributed by atoms with van der Waals surface area (Å²) in [6.45, 7) is 6.12. The van der Waals surface area contributed by atoms with Crippen LogP contribution < -0.4 is 15.4 Å². The number of likely N-dealkylation sites (tertiary alicyclic amines) is 1. The Morgan fingerprint density at radius 2 is 1.81 bits per heavy atom. The Kier molecular flexibility index (Phi) is 10.7. The molecule has 1 amide bonds. The van der Waals surface area contributed by atoms with E-state index in [1.54, 1.807) is 12.1 Å². The predicted octanol–water partition coefficient (Wildman–Crippen LogP) is 4.45. The standard InChI is InChI=1S/C24H31FN4O2.HI/c1-18(2)31-21-11-9-20(10-12-21)28-24(27-17-23(30)29-15-5-6-16-29)26-14-13-19-7-3-4-8-22(19)25;/h3-4,7-12,18H,5-6,13-17H2,1-2H3,(H2,26,27,28);1H. The molecule has 2 aromatic carbocycles. The summed E-state index contributed by atoms with van der Waals surface area (Å²) in [5, 5.41) is 6.43. The van der Waals surface area contributed by atoms with Gasteiger partial charge in [0, 0.05) is 25.3 Å². The highest BCUT2D eigenvalue weighted by molar-refractivity contribution is 14.0. The van der Waals surface area contributed by atoms with Crippen molar-refractivity contribution < 1.29 is 13.9 Å². The molecule has 0 bridgehead atoms. The van der Waals surface area contributed by atoms with Crippen LogP contribution in [0.1, 0.15) is 32.3 Å². The number of halogens is 2. The molecule has 1 aliphatic heterocycles. The molecule has 0 saturated carbocycles. The summed E-state index contributed by atoms with van der Waals surface area (Å²) in [7, 11) is 0. The van der Waals surface area contributed by atoms with Crippen LogP contribution in [-0.4, -0.2) is 49.0 Å². The Hall–Kier alpha value is -2.36. The lowest BCUT2D eigenvalue weighted by molar-refractivity contribution is -0.128. The highest BCUT2D eigenvalue weighted by atomic mass is 127. The summed E-state index contributed by atoms with van der Waals surface area (Å²) in [5.41, 5.74) is 1.46. The first-order chi connectivity index (χ1) is 15.0. The molecule has 3 rings (SSSR count). The molecule has 0 aromatic heterocycles. The van der Waals surface area contributed by atoms with Crippen molar-refractivity contribution in [3.05, 3.63) is 59.9 Å². The molecular formula is C24H32FIN4O2. The Labute approximate surface area is 206 Å². The van der Waals surface area contributed by atoms with Gasteiger partial charge in [-0.05, 0) is 69.0 Å². The van der Waals surface area contributed by atoms with Crippen molar-refractivity contribution in [2.45, 2.75) is 39.2 Å². The van der Waals surface area contributed by atoms with Gasteiger partial charge in [-0.25, -0.2) is 9.38 Å². The molecule has 1 saturated heterocycles. The number of guanidine groups is 1. The molecule has 0 atom stereocenters. The Bertz CT molecular complexity index is 884. The van der Waals surface area contributed by atoms with Gasteiger partial charge < -0.3 is 20.3 Å². The zero-order chi connectivity index (χ0) is 22.1. The molecule has 174 valence electrons. The molecule has 2 N–H and O–H groups in total. The third-order valence-corrected chi connectivity index (χ3v) is 4.96. The van der Waals surface area contributed by atoms with E-state index in [-0.39, 0.29) is 48.3 Å². The van der Waals surface area contributed by atoms with Gasteiger partial charge in [0.15, 0.2) is 5.96 Å². The van der Waals surface area contributed by atoms with E-state index >= 15 is 0 Å². The maximum atomic E-state index is 13.9. The molecule has 2 aromatic rings. The third kappa shape index (κ3) is 8.29. The number of nitrogens with zero attached hydrogens (tertiary/aromatic N) is 2. The number of amides is 1. The summed E-state index contributed by atoms with van der Waals surface area (Å²) in [6.07, 6.45) is 2.71. The van der Waals surface area contributed by atoms with Gasteiger partial charge in [-0.15, -0.1) is 24.0 Å². The fourth-order valence-electron chi connectivity index (χ4n) is 3.40. The Balaban J connectivity index is 0.00000363. The zero-order valence-corrected chi connectivity index (χ0v) is 21.0. The maximum Gasteiger partial charge on any atom is 0.244 e. The number of hydrogen-bond acceptors (Lipinski definition) is 3. The molecule has 0 spiro atoms. The molecule has 6 nitrogen and oxygen atoms in total. The van der Waals surface area contributed by atoms with Crippen LogP contribution in [0.3, 0.4) is 0 Å². The molecule has 0 aliphatic carbocycles. The number of aliphatic imine (C=N–C) groups is 1. The largest absolute Gasteiger partial charge is 0.491 e. The lowest BCUT2D eigenvalue weighted by Crippen LogP contribution is -2.35. The summed E-state index contributed by atoms with van der Waals surface area (Å²) in [5.74, 6) is 1.08. The molecule has 0 unspecified atom stereocenters. The van der Waals surface area contributed by atoms with Gasteiger partial charge in [0.05, 0.1) is 6.10 Å². The second-order valence-electron chi connectivity index (χ2n) is 7.84. The average molecular weight is 554 g/mol. The van der Waals surface area contributed by atoms with E-state index < -0.39 is 0 Å². The first-order valence-electron chi connectivity index (χ1n) is 10.8. The van der Waals surface area contributed by atoms with Gasteiger partial charge in [0.25, 0.3) is 0 Å². The molecule has 1 aliphatic rings. The van der Waals surface area contributed by atoms with E-state index in [2.05, 4.69) is 15.6 Å². The number of nitrogens with one attached hydrogen (secondary N) is 2. The van der Waals surface area contributed by atoms with Crippen LogP contribution in [-0.2, 0) is 11.2 Å². The minimum atomic E-state index is -0.222. The van der Waals surface area contributed by atoms with Crippen molar-refractivity contribution in [2.24, 2.45) is 4.99 Å². The first-order valence-corrected chi connectivity index (χ1v) is 10.8. The second kappa shape index (κ2) is 13.2. The lowest BCUT2D eigenvalue weighted by atomic mass is 10.1. The van der Waals surface area contributed by atoms with Gasteiger partial charge in [-0.1, -0.05) is 18.2 Å². The van der Waals surface area contributed by atoms with Crippen molar-refractivity contribution in [2.75, 3.05) is 31.5 Å². The highest BCUT2D eigenvalue weighted by Gasteiger charge is 2.17. The molecule has 0 radical (unpaired) electrons. The van der Waals surface area contributed by atoms with E-state index in [0.717, 1.165) is 37.4 Å². The number of ether oxygens (including phenoxy) is 1. The van der Waals surface area contributed by atoms with Crippen LogP contribution in [0.4, 0.5) is 10.1 Å². The molecule has 8 heteroatoms. The SMILES string of the molecule is CC(C)Oc1ccc(NC(=NCC(=O)N2CCCC2)NCCc2ccccc2F)cc1.I. The van der Waals surface area contributed by atoms with Crippen LogP contribution in [0.25, 0.3) is 0 Å². The summed E-state index contributed by atoms with van der Waals surface area (Å²) < 4.78 is 19.6. The smallest absolute Gasteiger partial charge is 0.244 e. The monoisotopic (exact) mass is 554 g/mol. The van der Waals surface area contributed by atoms with Gasteiger partial charge in [0.1, 0.15) is 18.1 Å². The first kappa shape index (κ1) is 25.9. The second-order valence-corrected chi connectivity index (χ2v) is 7.84. The van der Waals surface area contributed by atoms with Crippen LogP contribution in [0.5, 0.6) is 5.75 Å². The summed E-state index contributed by atoms with van der Waals surface area (Å²) in [6, 6.07) is 14.3. The van der Waals surface area contributed by atoms with Gasteiger partial charge in [-0.3, -0.25) is 4.79 Å².